The molecule has 4 nitrogen and oxygen atoms in total. The highest BCUT2D eigenvalue weighted by Crippen LogP contribution is 2.50. The fourth-order valence-corrected chi connectivity index (χ4v) is 4.94. The van der Waals surface area contributed by atoms with Gasteiger partial charge in [-0.2, -0.15) is 0 Å². The van der Waals surface area contributed by atoms with E-state index in [1.807, 2.05) is 12.1 Å². The molecule has 2 atom stereocenters. The molecule has 2 aromatic carbocycles. The second-order valence-electron chi connectivity index (χ2n) is 9.45. The van der Waals surface area contributed by atoms with Gasteiger partial charge < -0.3 is 10.1 Å². The Bertz CT molecular complexity index is 1190. The summed E-state index contributed by atoms with van der Waals surface area (Å²) in [7, 11) is 0. The Kier molecular flexibility index (Phi) is 4.74. The van der Waals surface area contributed by atoms with E-state index < -0.39 is 5.97 Å². The third kappa shape index (κ3) is 3.68. The molecule has 2 heterocycles. The van der Waals surface area contributed by atoms with Gasteiger partial charge >= 0.3 is 5.97 Å². The summed E-state index contributed by atoms with van der Waals surface area (Å²) in [5, 5.41) is 10.1. The quantitative estimate of drug-likeness (QED) is 0.535. The van der Waals surface area contributed by atoms with Crippen molar-refractivity contribution in [2.24, 2.45) is 5.41 Å². The highest BCUT2D eigenvalue weighted by atomic mass is 19.1. The number of fused-ring (bicyclic) bond motifs is 3. The van der Waals surface area contributed by atoms with Crippen LogP contribution in [-0.2, 0) is 11.2 Å². The number of nitrogens with one attached hydrogen (secondary N) is 1. The molecule has 2 aliphatic rings. The number of aromatic nitrogens is 1. The van der Waals surface area contributed by atoms with Crippen molar-refractivity contribution in [1.82, 2.24) is 9.88 Å². The van der Waals surface area contributed by atoms with E-state index in [2.05, 4.69) is 41.9 Å². The van der Waals surface area contributed by atoms with Crippen molar-refractivity contribution >= 4 is 22.9 Å². The first-order valence-electron chi connectivity index (χ1n) is 10.9. The lowest BCUT2D eigenvalue weighted by atomic mass is 9.87. The van der Waals surface area contributed by atoms with Gasteiger partial charge in [-0.1, -0.05) is 37.3 Å². The van der Waals surface area contributed by atoms with Crippen LogP contribution < -0.4 is 0 Å². The Labute approximate surface area is 181 Å². The minimum Gasteiger partial charge on any atom is -0.478 e. The van der Waals surface area contributed by atoms with E-state index in [0.717, 1.165) is 30.3 Å². The van der Waals surface area contributed by atoms with Crippen LogP contribution in [0.3, 0.4) is 0 Å². The first-order chi connectivity index (χ1) is 14.8. The first kappa shape index (κ1) is 20.0. The fraction of sp³-hybridized carbons (Fsp3) is 0.346. The third-order valence-electron chi connectivity index (χ3n) is 6.92. The van der Waals surface area contributed by atoms with Crippen molar-refractivity contribution in [3.8, 4) is 0 Å². The number of carbonyl (C=O) groups is 1. The molecule has 0 amide bonds. The number of carboxylic acids is 1. The summed E-state index contributed by atoms with van der Waals surface area (Å²) in [6.45, 7) is 5.49. The molecule has 0 radical (unpaired) electrons. The topological polar surface area (TPSA) is 56.3 Å². The van der Waals surface area contributed by atoms with Crippen molar-refractivity contribution in [2.45, 2.75) is 45.2 Å². The zero-order valence-corrected chi connectivity index (χ0v) is 17.9. The molecule has 1 fully saturated rings. The van der Waals surface area contributed by atoms with E-state index in [-0.39, 0.29) is 11.9 Å². The van der Waals surface area contributed by atoms with Gasteiger partial charge in [-0.05, 0) is 60.9 Å². The van der Waals surface area contributed by atoms with Crippen LogP contribution in [0.25, 0.3) is 17.0 Å². The zero-order valence-electron chi connectivity index (χ0n) is 17.9. The van der Waals surface area contributed by atoms with Crippen LogP contribution in [0.1, 0.15) is 55.1 Å². The molecule has 2 N–H and O–H groups in total. The van der Waals surface area contributed by atoms with Crippen LogP contribution in [0, 0.1) is 11.2 Å². The van der Waals surface area contributed by atoms with Gasteiger partial charge in [0.05, 0.1) is 6.04 Å². The Morgan fingerprint density at radius 3 is 2.77 bits per heavy atom. The van der Waals surface area contributed by atoms with Crippen LogP contribution in [0.2, 0.25) is 0 Å². The number of H-pyrrole nitrogens is 1. The van der Waals surface area contributed by atoms with Gasteiger partial charge in [0.2, 0.25) is 0 Å². The van der Waals surface area contributed by atoms with Crippen LogP contribution in [0.4, 0.5) is 4.39 Å². The summed E-state index contributed by atoms with van der Waals surface area (Å²) >= 11 is 0. The molecule has 1 aliphatic carbocycles. The van der Waals surface area contributed by atoms with Gasteiger partial charge in [0, 0.05) is 40.8 Å². The van der Waals surface area contributed by atoms with E-state index in [4.69, 9.17) is 5.11 Å². The summed E-state index contributed by atoms with van der Waals surface area (Å²) < 4.78 is 15.4. The fourth-order valence-electron chi connectivity index (χ4n) is 4.94. The van der Waals surface area contributed by atoms with Crippen molar-refractivity contribution in [1.29, 1.82) is 0 Å². The standard InChI is InChI=1S/C26H27FN2O2/c1-16-13-20-18-5-3-4-6-22(18)28-24(20)25(29(16)15-26(2)11-12-26)19-9-7-17(14-21(19)27)8-10-23(30)31/h3-10,14,16,25,28H,11-13,15H2,1-2H3,(H,30,31)/t16-,25-/m1/s1. The van der Waals surface area contributed by atoms with E-state index in [0.29, 0.717) is 22.6 Å². The number of nitrogens with zero attached hydrogens (tertiary/aromatic N) is 1. The number of rotatable bonds is 5. The minimum absolute atomic E-state index is 0.193. The lowest BCUT2D eigenvalue weighted by molar-refractivity contribution is -0.131. The number of carboxylic acid groups (broad SMARTS) is 1. The number of hydrogen-bond acceptors (Lipinski definition) is 2. The molecule has 5 heteroatoms. The molecule has 0 spiro atoms. The molecule has 0 unspecified atom stereocenters. The van der Waals surface area contributed by atoms with E-state index >= 15 is 4.39 Å². The summed E-state index contributed by atoms with van der Waals surface area (Å²) in [6.07, 6.45) is 5.82. The third-order valence-corrected chi connectivity index (χ3v) is 6.92. The molecule has 0 saturated heterocycles. The molecule has 1 aliphatic heterocycles. The van der Waals surface area contributed by atoms with Gasteiger partial charge in [0.15, 0.2) is 0 Å². The molecule has 1 aromatic heterocycles. The number of hydrogen-bond donors (Lipinski definition) is 2. The number of aliphatic carboxylic acids is 1. The molecular formula is C26H27FN2O2. The average Bonchev–Trinajstić information content (AvgIpc) is 3.35. The van der Waals surface area contributed by atoms with Gasteiger partial charge in [-0.25, -0.2) is 9.18 Å². The SMILES string of the molecule is C[C@@H]1Cc2c([nH]c3ccccc23)[C@@H](c2ccc(C=CC(=O)O)cc2F)N1CC1(C)CC1. The molecule has 3 aromatic rings. The molecule has 5 rings (SSSR count). The van der Waals surface area contributed by atoms with Crippen molar-refractivity contribution in [2.75, 3.05) is 6.54 Å². The Hall–Kier alpha value is -2.92. The van der Waals surface area contributed by atoms with Crippen LogP contribution in [0.15, 0.2) is 48.5 Å². The maximum Gasteiger partial charge on any atom is 0.328 e. The summed E-state index contributed by atoms with van der Waals surface area (Å²) in [6, 6.07) is 13.5. The highest BCUT2D eigenvalue weighted by Gasteiger charge is 2.44. The second kappa shape index (κ2) is 7.34. The Balaban J connectivity index is 1.63. The Morgan fingerprint density at radius 2 is 2.06 bits per heavy atom. The van der Waals surface area contributed by atoms with Gasteiger partial charge in [0.25, 0.3) is 0 Å². The van der Waals surface area contributed by atoms with E-state index in [1.165, 1.54) is 35.9 Å². The largest absolute Gasteiger partial charge is 0.478 e. The predicted molar refractivity (Wildman–Crippen MR) is 120 cm³/mol. The minimum atomic E-state index is -1.04. The first-order valence-corrected chi connectivity index (χ1v) is 10.9. The summed E-state index contributed by atoms with van der Waals surface area (Å²) in [5.74, 6) is -1.35. The molecule has 0 bridgehead atoms. The number of para-hydroxylation sites is 1. The molecular weight excluding hydrogens is 391 g/mol. The summed E-state index contributed by atoms with van der Waals surface area (Å²) in [5.41, 5.74) is 4.93. The number of benzene rings is 2. The highest BCUT2D eigenvalue weighted by molar-refractivity contribution is 5.86. The Morgan fingerprint density at radius 1 is 1.29 bits per heavy atom. The van der Waals surface area contributed by atoms with Crippen molar-refractivity contribution in [3.05, 3.63) is 76.7 Å². The molecule has 1 saturated carbocycles. The van der Waals surface area contributed by atoms with Crippen molar-refractivity contribution < 1.29 is 14.3 Å². The van der Waals surface area contributed by atoms with Gasteiger partial charge in [0.1, 0.15) is 5.82 Å². The molecule has 160 valence electrons. The van der Waals surface area contributed by atoms with E-state index in [1.54, 1.807) is 6.07 Å². The normalized spacial score (nSPS) is 22.7. The second-order valence-corrected chi connectivity index (χ2v) is 9.45. The average molecular weight is 419 g/mol. The maximum absolute atomic E-state index is 15.4. The van der Waals surface area contributed by atoms with Gasteiger partial charge in [-0.15, -0.1) is 0 Å². The van der Waals surface area contributed by atoms with E-state index in [9.17, 15) is 4.79 Å². The lowest BCUT2D eigenvalue weighted by Crippen LogP contribution is -2.45. The number of halogens is 1. The monoisotopic (exact) mass is 418 g/mol. The smallest absolute Gasteiger partial charge is 0.328 e. The van der Waals surface area contributed by atoms with Crippen molar-refractivity contribution in [3.63, 3.8) is 0 Å². The zero-order chi connectivity index (χ0) is 21.8. The van der Waals surface area contributed by atoms with Crippen LogP contribution >= 0.6 is 0 Å². The number of aromatic amines is 1. The van der Waals surface area contributed by atoms with Crippen LogP contribution in [-0.4, -0.2) is 33.5 Å². The maximum atomic E-state index is 15.4. The molecule has 31 heavy (non-hydrogen) atoms. The predicted octanol–water partition coefficient (Wildman–Crippen LogP) is 5.54. The van der Waals surface area contributed by atoms with Gasteiger partial charge in [-0.3, -0.25) is 4.90 Å². The van der Waals surface area contributed by atoms with Crippen LogP contribution in [0.5, 0.6) is 0 Å². The lowest BCUT2D eigenvalue weighted by Gasteiger charge is -2.42. The summed E-state index contributed by atoms with van der Waals surface area (Å²) in [4.78, 5) is 16.9.